The van der Waals surface area contributed by atoms with Crippen molar-refractivity contribution in [3.8, 4) is 17.1 Å². The third kappa shape index (κ3) is 3.53. The summed E-state index contributed by atoms with van der Waals surface area (Å²) in [4.78, 5) is 9.08. The van der Waals surface area contributed by atoms with E-state index in [1.165, 1.54) is 0 Å². The molecule has 0 aliphatic carbocycles. The second-order valence-electron chi connectivity index (χ2n) is 5.76. The lowest BCUT2D eigenvalue weighted by Crippen LogP contribution is -2.08. The summed E-state index contributed by atoms with van der Waals surface area (Å²) >= 11 is 0. The first-order valence-corrected chi connectivity index (χ1v) is 7.83. The van der Waals surface area contributed by atoms with Crippen molar-refractivity contribution in [2.24, 2.45) is 0 Å². The highest BCUT2D eigenvalue weighted by Crippen LogP contribution is 2.25. The molecule has 3 rings (SSSR count). The molecule has 0 amide bonds. The highest BCUT2D eigenvalue weighted by Gasteiger charge is 2.15. The summed E-state index contributed by atoms with van der Waals surface area (Å²) in [7, 11) is 0. The smallest absolute Gasteiger partial charge is 0.167 e. The van der Waals surface area contributed by atoms with Crippen LogP contribution < -0.4 is 5.32 Å². The van der Waals surface area contributed by atoms with Gasteiger partial charge in [0.15, 0.2) is 5.82 Å². The van der Waals surface area contributed by atoms with Gasteiger partial charge < -0.3 is 14.9 Å². The van der Waals surface area contributed by atoms with Crippen LogP contribution in [0.1, 0.15) is 22.7 Å². The zero-order valence-electron chi connectivity index (χ0n) is 14.0. The number of benzene rings is 1. The van der Waals surface area contributed by atoms with E-state index < -0.39 is 0 Å². The zero-order chi connectivity index (χ0) is 17.1. The van der Waals surface area contributed by atoms with E-state index in [0.29, 0.717) is 11.6 Å². The number of nitrogens with one attached hydrogen (secondary N) is 1. The number of phenols is 1. The Balaban J connectivity index is 1.73. The molecule has 0 saturated carbocycles. The minimum absolute atomic E-state index is 0.280. The molecule has 0 saturated heterocycles. The SMILES string of the molecule is Cc1cc(NCCc2ccc(O)cc2)nc(-c2c(C)noc2C)n1. The second kappa shape index (κ2) is 6.70. The lowest BCUT2D eigenvalue weighted by atomic mass is 10.1. The second-order valence-corrected chi connectivity index (χ2v) is 5.76. The number of nitrogens with zero attached hydrogens (tertiary/aromatic N) is 3. The van der Waals surface area contributed by atoms with Crippen molar-refractivity contribution in [1.82, 2.24) is 15.1 Å². The van der Waals surface area contributed by atoms with Gasteiger partial charge in [-0.2, -0.15) is 0 Å². The van der Waals surface area contributed by atoms with Gasteiger partial charge in [0.05, 0.1) is 11.3 Å². The Labute approximate surface area is 140 Å². The first-order chi connectivity index (χ1) is 11.5. The normalized spacial score (nSPS) is 10.8. The van der Waals surface area contributed by atoms with E-state index in [9.17, 15) is 5.11 Å². The largest absolute Gasteiger partial charge is 0.508 e. The first kappa shape index (κ1) is 16.0. The van der Waals surface area contributed by atoms with Crippen molar-refractivity contribution in [2.75, 3.05) is 11.9 Å². The van der Waals surface area contributed by atoms with Gasteiger partial charge in [0, 0.05) is 18.3 Å². The van der Waals surface area contributed by atoms with Gasteiger partial charge in [-0.1, -0.05) is 17.3 Å². The Hall–Kier alpha value is -2.89. The predicted octanol–water partition coefficient (Wildman–Crippen LogP) is 3.42. The molecule has 124 valence electrons. The van der Waals surface area contributed by atoms with Crippen molar-refractivity contribution in [3.05, 3.63) is 53.0 Å². The van der Waals surface area contributed by atoms with E-state index in [1.807, 2.05) is 39.0 Å². The fourth-order valence-electron chi connectivity index (χ4n) is 2.57. The molecule has 2 N–H and O–H groups in total. The van der Waals surface area contributed by atoms with Crippen LogP contribution in [0.25, 0.3) is 11.4 Å². The average Bonchev–Trinajstić information content (AvgIpc) is 2.88. The molecular weight excluding hydrogens is 304 g/mol. The molecule has 0 radical (unpaired) electrons. The number of phenolic OH excluding ortho intramolecular Hbond substituents is 1. The van der Waals surface area contributed by atoms with Crippen molar-refractivity contribution < 1.29 is 9.63 Å². The monoisotopic (exact) mass is 324 g/mol. The number of rotatable bonds is 5. The van der Waals surface area contributed by atoms with E-state index in [2.05, 4.69) is 20.4 Å². The molecule has 0 atom stereocenters. The van der Waals surface area contributed by atoms with E-state index in [1.54, 1.807) is 12.1 Å². The van der Waals surface area contributed by atoms with Gasteiger partial charge in [0.25, 0.3) is 0 Å². The van der Waals surface area contributed by atoms with Crippen LogP contribution >= 0.6 is 0 Å². The van der Waals surface area contributed by atoms with Crippen molar-refractivity contribution >= 4 is 5.82 Å². The van der Waals surface area contributed by atoms with Crippen LogP contribution in [-0.2, 0) is 6.42 Å². The number of hydrogen-bond acceptors (Lipinski definition) is 6. The maximum absolute atomic E-state index is 9.31. The van der Waals surface area contributed by atoms with Gasteiger partial charge in [-0.25, -0.2) is 9.97 Å². The molecule has 1 aromatic carbocycles. The Morgan fingerprint density at radius 3 is 2.50 bits per heavy atom. The van der Waals surface area contributed by atoms with Crippen LogP contribution in [-0.4, -0.2) is 26.8 Å². The van der Waals surface area contributed by atoms with Crippen LogP contribution in [0.15, 0.2) is 34.9 Å². The predicted molar refractivity (Wildman–Crippen MR) is 92.0 cm³/mol. The topological polar surface area (TPSA) is 84.1 Å². The highest BCUT2D eigenvalue weighted by molar-refractivity contribution is 5.62. The molecule has 2 heterocycles. The summed E-state index contributed by atoms with van der Waals surface area (Å²) in [6.07, 6.45) is 0.837. The summed E-state index contributed by atoms with van der Waals surface area (Å²) < 4.78 is 5.21. The van der Waals surface area contributed by atoms with Gasteiger partial charge in [-0.3, -0.25) is 0 Å². The Morgan fingerprint density at radius 2 is 1.83 bits per heavy atom. The van der Waals surface area contributed by atoms with Crippen molar-refractivity contribution in [2.45, 2.75) is 27.2 Å². The fourth-order valence-corrected chi connectivity index (χ4v) is 2.57. The van der Waals surface area contributed by atoms with Gasteiger partial charge in [-0.15, -0.1) is 0 Å². The van der Waals surface area contributed by atoms with Crippen molar-refractivity contribution in [3.63, 3.8) is 0 Å². The maximum Gasteiger partial charge on any atom is 0.167 e. The Bertz CT molecular complexity index is 821. The molecule has 0 aliphatic heterocycles. The summed E-state index contributed by atoms with van der Waals surface area (Å²) in [5, 5.41) is 16.6. The van der Waals surface area contributed by atoms with Crippen LogP contribution in [0.2, 0.25) is 0 Å². The number of aryl methyl sites for hydroxylation is 3. The number of aromatic hydroxyl groups is 1. The molecule has 0 unspecified atom stereocenters. The average molecular weight is 324 g/mol. The molecule has 0 bridgehead atoms. The minimum Gasteiger partial charge on any atom is -0.508 e. The lowest BCUT2D eigenvalue weighted by molar-refractivity contribution is 0.393. The van der Waals surface area contributed by atoms with E-state index in [0.717, 1.165) is 41.3 Å². The third-order valence-corrected chi connectivity index (χ3v) is 3.77. The van der Waals surface area contributed by atoms with Gasteiger partial charge in [0.1, 0.15) is 17.3 Å². The van der Waals surface area contributed by atoms with Gasteiger partial charge in [-0.05, 0) is 44.9 Å². The summed E-state index contributed by atoms with van der Waals surface area (Å²) in [6.45, 7) is 6.42. The summed E-state index contributed by atoms with van der Waals surface area (Å²) in [5.41, 5.74) is 3.66. The third-order valence-electron chi connectivity index (χ3n) is 3.77. The highest BCUT2D eigenvalue weighted by atomic mass is 16.5. The fraction of sp³-hybridized carbons (Fsp3) is 0.278. The Morgan fingerprint density at radius 1 is 1.08 bits per heavy atom. The van der Waals surface area contributed by atoms with Gasteiger partial charge >= 0.3 is 0 Å². The zero-order valence-corrected chi connectivity index (χ0v) is 14.0. The molecule has 0 aliphatic rings. The standard InChI is InChI=1S/C18H20N4O2/c1-11-10-16(19-9-8-14-4-6-15(23)7-5-14)21-18(20-11)17-12(2)22-24-13(17)3/h4-7,10,23H,8-9H2,1-3H3,(H,19,20,21). The Kier molecular flexibility index (Phi) is 4.46. The molecule has 0 fully saturated rings. The summed E-state index contributed by atoms with van der Waals surface area (Å²) in [6, 6.07) is 9.13. The van der Waals surface area contributed by atoms with Crippen LogP contribution in [0, 0.1) is 20.8 Å². The number of hydrogen-bond donors (Lipinski definition) is 2. The molecule has 6 heteroatoms. The maximum atomic E-state index is 9.31. The van der Waals surface area contributed by atoms with E-state index in [4.69, 9.17) is 4.52 Å². The first-order valence-electron chi connectivity index (χ1n) is 7.83. The van der Waals surface area contributed by atoms with Crippen molar-refractivity contribution in [1.29, 1.82) is 0 Å². The quantitative estimate of drug-likeness (QED) is 0.748. The summed E-state index contributed by atoms with van der Waals surface area (Å²) in [5.74, 6) is 2.39. The van der Waals surface area contributed by atoms with Gasteiger partial charge in [0.2, 0.25) is 0 Å². The van der Waals surface area contributed by atoms with Crippen LogP contribution in [0.5, 0.6) is 5.75 Å². The number of anilines is 1. The number of aromatic nitrogens is 3. The molecule has 2 aromatic heterocycles. The van der Waals surface area contributed by atoms with E-state index >= 15 is 0 Å². The molecular formula is C18H20N4O2. The van der Waals surface area contributed by atoms with E-state index in [-0.39, 0.29) is 5.75 Å². The minimum atomic E-state index is 0.280. The van der Waals surface area contributed by atoms with Crippen LogP contribution in [0.3, 0.4) is 0 Å². The molecule has 3 aromatic rings. The molecule has 24 heavy (non-hydrogen) atoms. The lowest BCUT2D eigenvalue weighted by Gasteiger charge is -2.09. The van der Waals surface area contributed by atoms with Crippen LogP contribution in [0.4, 0.5) is 5.82 Å². The molecule has 6 nitrogen and oxygen atoms in total. The molecule has 0 spiro atoms.